The van der Waals surface area contributed by atoms with Gasteiger partial charge in [0.25, 0.3) is 0 Å². The van der Waals surface area contributed by atoms with Crippen LogP contribution in [0, 0.1) is 23.8 Å². The van der Waals surface area contributed by atoms with Crippen LogP contribution >= 0.6 is 11.3 Å². The number of carbonyl (C=O) groups excluding carboxylic acids is 1. The van der Waals surface area contributed by atoms with Gasteiger partial charge in [-0.1, -0.05) is 107 Å². The number of pyridine rings is 2. The van der Waals surface area contributed by atoms with Gasteiger partial charge in [0.1, 0.15) is 0 Å². The standard InChI is InChI=1S/C34H27N2S.C13H24O2.Ir/c1-21(2)18-25-12-13-29-31(36-25)15-14-27-28-16-17-35-32(34(28)37-33(27)29)24-19-23-10-6-7-11-26(23)30(20-24)22-8-4-3-5-9-22;1-5-10(6-2)12(14)9-13(15)11(7-3)8-4;/h3-13,16-17,20-21H,14-15,18H2,1-2H3;9-11,14H,5-8H2,1-4H3;/q-1;;/b;12-9-;. The topological polar surface area (TPSA) is 63.1 Å². The molecule has 6 aromatic rings. The minimum atomic E-state index is 0. The number of carbonyl (C=O) groups is 1. The number of thiophene rings is 1. The van der Waals surface area contributed by atoms with Crippen LogP contribution < -0.4 is 0 Å². The van der Waals surface area contributed by atoms with Crippen LogP contribution in [0.5, 0.6) is 0 Å². The smallest absolute Gasteiger partial charge is 0.162 e. The number of aromatic nitrogens is 2. The van der Waals surface area contributed by atoms with Crippen molar-refractivity contribution in [2.24, 2.45) is 17.8 Å². The Morgan fingerprint density at radius 3 is 2.25 bits per heavy atom. The van der Waals surface area contributed by atoms with E-state index in [-0.39, 0.29) is 43.5 Å². The number of allylic oxidation sites excluding steroid dienone is 2. The zero-order chi connectivity index (χ0) is 36.8. The number of ketones is 1. The van der Waals surface area contributed by atoms with Gasteiger partial charge in [0.2, 0.25) is 0 Å². The van der Waals surface area contributed by atoms with Crippen LogP contribution in [0.25, 0.3) is 53.7 Å². The van der Waals surface area contributed by atoms with Crippen LogP contribution in [0.4, 0.5) is 0 Å². The quantitative estimate of drug-likeness (QED) is 0.0799. The van der Waals surface area contributed by atoms with Gasteiger partial charge in [0.05, 0.1) is 5.76 Å². The fourth-order valence-corrected chi connectivity index (χ4v) is 8.84. The van der Waals surface area contributed by atoms with Gasteiger partial charge in [-0.3, -0.25) is 14.8 Å². The molecule has 1 N–H and O–H groups in total. The summed E-state index contributed by atoms with van der Waals surface area (Å²) in [6.07, 6.45) is 9.93. The van der Waals surface area contributed by atoms with Gasteiger partial charge >= 0.3 is 0 Å². The second-order valence-electron chi connectivity index (χ2n) is 14.3. The molecular formula is C47H51IrN2O2S-. The number of aliphatic hydroxyl groups excluding tert-OH is 1. The summed E-state index contributed by atoms with van der Waals surface area (Å²) in [7, 11) is 0. The van der Waals surface area contributed by atoms with E-state index >= 15 is 0 Å². The number of aryl methyl sites for hydroxylation is 2. The van der Waals surface area contributed by atoms with Gasteiger partial charge < -0.3 is 5.11 Å². The summed E-state index contributed by atoms with van der Waals surface area (Å²) in [4.78, 5) is 23.1. The molecule has 0 saturated carbocycles. The molecule has 1 aliphatic rings. The number of fused-ring (bicyclic) bond motifs is 6. The molecule has 0 aliphatic heterocycles. The monoisotopic (exact) mass is 900 g/mol. The Bertz CT molecular complexity index is 2200. The van der Waals surface area contributed by atoms with Crippen molar-refractivity contribution in [3.63, 3.8) is 0 Å². The first-order chi connectivity index (χ1) is 25.3. The van der Waals surface area contributed by atoms with Crippen molar-refractivity contribution in [1.29, 1.82) is 0 Å². The normalized spacial score (nSPS) is 12.4. The minimum Gasteiger partial charge on any atom is -0.512 e. The molecule has 0 fully saturated rings. The number of hydrogen-bond acceptors (Lipinski definition) is 5. The largest absolute Gasteiger partial charge is 0.512 e. The summed E-state index contributed by atoms with van der Waals surface area (Å²) in [5, 5.41) is 13.4. The van der Waals surface area contributed by atoms with Gasteiger partial charge in [-0.2, -0.15) is 0 Å². The molecule has 4 nitrogen and oxygen atoms in total. The summed E-state index contributed by atoms with van der Waals surface area (Å²) in [6.45, 7) is 12.6. The first kappa shape index (κ1) is 40.2. The van der Waals surface area contributed by atoms with Gasteiger partial charge in [0, 0.05) is 76.4 Å². The minimum absolute atomic E-state index is 0. The zero-order valence-electron chi connectivity index (χ0n) is 31.8. The van der Waals surface area contributed by atoms with Crippen LogP contribution in [0.1, 0.15) is 84.2 Å². The zero-order valence-corrected chi connectivity index (χ0v) is 35.0. The molecule has 1 aliphatic carbocycles. The van der Waals surface area contributed by atoms with E-state index < -0.39 is 0 Å². The van der Waals surface area contributed by atoms with E-state index in [1.807, 2.05) is 45.2 Å². The SMILES string of the molecule is CC(C)Cc1ccc2c(n1)CCc1c-2sc2c(-c3[c-]c4ccccc4c(-c4ccccc4)c3)nccc12.CCC(CC)C(=O)/C=C(\O)C(CC)CC.[Ir]. The van der Waals surface area contributed by atoms with Gasteiger partial charge in [-0.15, -0.1) is 34.9 Å². The predicted octanol–water partition coefficient (Wildman–Crippen LogP) is 12.8. The van der Waals surface area contributed by atoms with Crippen molar-refractivity contribution >= 4 is 38.0 Å². The summed E-state index contributed by atoms with van der Waals surface area (Å²) in [6, 6.07) is 31.9. The van der Waals surface area contributed by atoms with Gasteiger partial charge in [-0.25, -0.2) is 0 Å². The summed E-state index contributed by atoms with van der Waals surface area (Å²) < 4.78 is 1.25. The van der Waals surface area contributed by atoms with Crippen molar-refractivity contribution < 1.29 is 30.0 Å². The van der Waals surface area contributed by atoms with E-state index in [2.05, 4.69) is 98.8 Å². The van der Waals surface area contributed by atoms with Crippen molar-refractivity contribution in [3.8, 4) is 32.8 Å². The average molecular weight is 900 g/mol. The molecular weight excluding hydrogens is 849 g/mol. The Morgan fingerprint density at radius 2 is 1.55 bits per heavy atom. The fourth-order valence-electron chi connectivity index (χ4n) is 7.45. The van der Waals surface area contributed by atoms with Crippen LogP contribution in [0.2, 0.25) is 0 Å². The molecule has 0 saturated heterocycles. The third-order valence-electron chi connectivity index (χ3n) is 10.4. The van der Waals surface area contributed by atoms with E-state index in [9.17, 15) is 9.90 Å². The summed E-state index contributed by atoms with van der Waals surface area (Å²) in [5.74, 6) is 1.16. The average Bonchev–Trinajstić information content (AvgIpc) is 3.55. The molecule has 53 heavy (non-hydrogen) atoms. The molecule has 277 valence electrons. The maximum absolute atomic E-state index is 11.7. The Morgan fingerprint density at radius 1 is 0.849 bits per heavy atom. The van der Waals surface area contributed by atoms with E-state index in [0.29, 0.717) is 5.92 Å². The van der Waals surface area contributed by atoms with Crippen LogP contribution in [0.15, 0.2) is 96.9 Å². The summed E-state index contributed by atoms with van der Waals surface area (Å²) >= 11 is 1.87. The van der Waals surface area contributed by atoms with E-state index in [4.69, 9.17) is 9.97 Å². The molecule has 0 spiro atoms. The molecule has 3 aromatic heterocycles. The second kappa shape index (κ2) is 18.4. The molecule has 3 aromatic carbocycles. The van der Waals surface area contributed by atoms with Crippen molar-refractivity contribution in [2.75, 3.05) is 0 Å². The van der Waals surface area contributed by atoms with Crippen molar-refractivity contribution in [1.82, 2.24) is 9.97 Å². The van der Waals surface area contributed by atoms with Crippen LogP contribution in [0.3, 0.4) is 0 Å². The summed E-state index contributed by atoms with van der Waals surface area (Å²) in [5.41, 5.74) is 9.70. The van der Waals surface area contributed by atoms with E-state index in [1.165, 1.54) is 60.1 Å². The third-order valence-corrected chi connectivity index (χ3v) is 11.7. The Hall–Kier alpha value is -3.96. The van der Waals surface area contributed by atoms with Gasteiger partial charge in [-0.05, 0) is 85.6 Å². The number of hydrogen-bond donors (Lipinski definition) is 1. The predicted molar refractivity (Wildman–Crippen MR) is 220 cm³/mol. The number of aliphatic hydroxyl groups is 1. The Balaban J connectivity index is 0.000000290. The fraction of sp³-hybridized carbons (Fsp3) is 0.340. The molecule has 1 radical (unpaired) electrons. The maximum atomic E-state index is 11.7. The number of rotatable bonds is 11. The first-order valence-electron chi connectivity index (χ1n) is 19.1. The number of nitrogens with zero attached hydrogens (tertiary/aromatic N) is 2. The molecule has 0 atom stereocenters. The first-order valence-corrected chi connectivity index (χ1v) is 19.9. The van der Waals surface area contributed by atoms with Crippen molar-refractivity contribution in [2.45, 2.75) is 86.5 Å². The Labute approximate surface area is 333 Å². The molecule has 7 rings (SSSR count). The molecule has 0 bridgehead atoms. The van der Waals surface area contributed by atoms with Crippen LogP contribution in [-0.2, 0) is 44.2 Å². The van der Waals surface area contributed by atoms with Crippen LogP contribution in [-0.4, -0.2) is 20.9 Å². The number of benzene rings is 3. The molecule has 6 heteroatoms. The molecule has 3 heterocycles. The second-order valence-corrected chi connectivity index (χ2v) is 15.4. The van der Waals surface area contributed by atoms with Gasteiger partial charge in [0.15, 0.2) is 5.78 Å². The van der Waals surface area contributed by atoms with Crippen molar-refractivity contribution in [3.05, 3.63) is 120 Å². The third kappa shape index (κ3) is 8.89. The molecule has 0 amide bonds. The van der Waals surface area contributed by atoms with E-state index in [0.717, 1.165) is 61.6 Å². The maximum Gasteiger partial charge on any atom is 0.162 e. The molecule has 0 unspecified atom stereocenters. The Kier molecular flexibility index (Phi) is 14.0. The van der Waals surface area contributed by atoms with E-state index in [1.54, 1.807) is 0 Å².